The van der Waals surface area contributed by atoms with Gasteiger partial charge in [-0.2, -0.15) is 0 Å². The molecule has 0 radical (unpaired) electrons. The molecule has 0 bridgehead atoms. The van der Waals surface area contributed by atoms with E-state index in [2.05, 4.69) is 30.3 Å². The van der Waals surface area contributed by atoms with Gasteiger partial charge in [0.1, 0.15) is 0 Å². The molecule has 1 aliphatic carbocycles. The zero-order chi connectivity index (χ0) is 15.7. The van der Waals surface area contributed by atoms with E-state index in [0.717, 1.165) is 25.1 Å². The first kappa shape index (κ1) is 15.0. The minimum atomic E-state index is -0.398. The number of hydrogen-bond acceptors (Lipinski definition) is 2. The summed E-state index contributed by atoms with van der Waals surface area (Å²) in [5.74, 6) is 0.505. The molecule has 2 N–H and O–H groups in total. The molecule has 0 aliphatic heterocycles. The summed E-state index contributed by atoms with van der Waals surface area (Å²) in [6.45, 7) is 6.15. The number of carbonyl (C=O) groups is 1. The van der Waals surface area contributed by atoms with E-state index in [1.54, 1.807) is 0 Å². The fourth-order valence-corrected chi connectivity index (χ4v) is 3.61. The summed E-state index contributed by atoms with van der Waals surface area (Å²) >= 11 is 0. The largest absolute Gasteiger partial charge is 0.342 e. The average Bonchev–Trinajstić information content (AvgIpc) is 3.31. The predicted octanol–water partition coefficient (Wildman–Crippen LogP) is 2.92. The summed E-state index contributed by atoms with van der Waals surface area (Å²) in [5.41, 5.74) is 6.64. The van der Waals surface area contributed by atoms with Gasteiger partial charge >= 0.3 is 0 Å². The van der Waals surface area contributed by atoms with Crippen molar-refractivity contribution in [2.24, 2.45) is 11.7 Å². The summed E-state index contributed by atoms with van der Waals surface area (Å²) < 4.78 is 0. The lowest BCUT2D eigenvalue weighted by Crippen LogP contribution is -2.40. The summed E-state index contributed by atoms with van der Waals surface area (Å²) in [7, 11) is 0. The van der Waals surface area contributed by atoms with Crippen LogP contribution in [0, 0.1) is 5.92 Å². The third-order valence-corrected chi connectivity index (χ3v) is 5.09. The monoisotopic (exact) mass is 296 g/mol. The minimum absolute atomic E-state index is 0.239. The van der Waals surface area contributed by atoms with Crippen LogP contribution in [0.4, 0.5) is 0 Å². The molecule has 3 rings (SSSR count). The van der Waals surface area contributed by atoms with Crippen LogP contribution < -0.4 is 5.73 Å². The van der Waals surface area contributed by atoms with E-state index < -0.39 is 5.41 Å². The van der Waals surface area contributed by atoms with Crippen molar-refractivity contribution in [3.63, 3.8) is 0 Å². The highest BCUT2D eigenvalue weighted by Crippen LogP contribution is 2.55. The summed E-state index contributed by atoms with van der Waals surface area (Å²) in [6.07, 6.45) is 0.872. The number of likely N-dealkylation sites (N-methyl/N-ethyl adjacent to an activating group) is 1. The van der Waals surface area contributed by atoms with Crippen molar-refractivity contribution in [3.8, 4) is 0 Å². The lowest BCUT2D eigenvalue weighted by atomic mass is 9.89. The fraction of sp³-hybridized carbons (Fsp3) is 0.421. The van der Waals surface area contributed by atoms with Crippen molar-refractivity contribution in [2.75, 3.05) is 19.6 Å². The molecule has 0 saturated heterocycles. The third kappa shape index (κ3) is 2.20. The minimum Gasteiger partial charge on any atom is -0.342 e. The lowest BCUT2D eigenvalue weighted by molar-refractivity contribution is -0.134. The van der Waals surface area contributed by atoms with Crippen LogP contribution in [0.2, 0.25) is 0 Å². The molecule has 1 aliphatic rings. The van der Waals surface area contributed by atoms with Gasteiger partial charge in [0.25, 0.3) is 0 Å². The Hall–Kier alpha value is -1.87. The van der Waals surface area contributed by atoms with Crippen molar-refractivity contribution in [1.82, 2.24) is 4.90 Å². The number of carbonyl (C=O) groups excluding carboxylic acids is 1. The predicted molar refractivity (Wildman–Crippen MR) is 90.7 cm³/mol. The molecule has 2 aromatic rings. The molecule has 2 atom stereocenters. The fourth-order valence-electron chi connectivity index (χ4n) is 3.61. The maximum Gasteiger partial charge on any atom is 0.233 e. The van der Waals surface area contributed by atoms with Gasteiger partial charge in [-0.05, 0) is 49.1 Å². The molecular formula is C19H24N2O. The Kier molecular flexibility index (Phi) is 3.92. The number of rotatable bonds is 5. The maximum atomic E-state index is 13.1. The molecule has 1 fully saturated rings. The second-order valence-electron chi connectivity index (χ2n) is 6.15. The van der Waals surface area contributed by atoms with Crippen LogP contribution in [0.15, 0.2) is 42.5 Å². The van der Waals surface area contributed by atoms with Crippen molar-refractivity contribution >= 4 is 16.7 Å². The second-order valence-corrected chi connectivity index (χ2v) is 6.15. The van der Waals surface area contributed by atoms with Gasteiger partial charge in [0.2, 0.25) is 5.91 Å². The zero-order valence-electron chi connectivity index (χ0n) is 13.4. The van der Waals surface area contributed by atoms with E-state index in [1.165, 1.54) is 10.8 Å². The van der Waals surface area contributed by atoms with Crippen molar-refractivity contribution < 1.29 is 4.79 Å². The number of fused-ring (bicyclic) bond motifs is 1. The first-order chi connectivity index (χ1) is 10.7. The van der Waals surface area contributed by atoms with Gasteiger partial charge in [0.05, 0.1) is 5.41 Å². The van der Waals surface area contributed by atoms with E-state index in [0.29, 0.717) is 6.54 Å². The highest BCUT2D eigenvalue weighted by molar-refractivity contribution is 5.94. The van der Waals surface area contributed by atoms with Gasteiger partial charge in [-0.1, -0.05) is 42.5 Å². The van der Waals surface area contributed by atoms with Gasteiger partial charge in [0, 0.05) is 13.1 Å². The van der Waals surface area contributed by atoms with Crippen LogP contribution in [0.5, 0.6) is 0 Å². The van der Waals surface area contributed by atoms with E-state index in [9.17, 15) is 4.79 Å². The molecule has 0 unspecified atom stereocenters. The zero-order valence-corrected chi connectivity index (χ0v) is 13.4. The van der Waals surface area contributed by atoms with Gasteiger partial charge in [-0.3, -0.25) is 4.79 Å². The van der Waals surface area contributed by atoms with Crippen LogP contribution in [0.25, 0.3) is 10.8 Å². The highest BCUT2D eigenvalue weighted by atomic mass is 16.2. The standard InChI is InChI=1S/C19H24N2O/c1-3-21(4-2)18(22)19(12-17(19)13-20)16-10-9-14-7-5-6-8-15(14)11-16/h5-11,17H,3-4,12-13,20H2,1-2H3/t17-,19+/m0/s1. The first-order valence-corrected chi connectivity index (χ1v) is 8.16. The molecule has 0 aromatic heterocycles. The van der Waals surface area contributed by atoms with E-state index >= 15 is 0 Å². The second kappa shape index (κ2) is 5.73. The van der Waals surface area contributed by atoms with Crippen molar-refractivity contribution in [1.29, 1.82) is 0 Å². The molecule has 3 nitrogen and oxygen atoms in total. The Morgan fingerprint density at radius 2 is 1.86 bits per heavy atom. The number of nitrogens with zero attached hydrogens (tertiary/aromatic N) is 1. The summed E-state index contributed by atoms with van der Waals surface area (Å²) in [4.78, 5) is 15.0. The summed E-state index contributed by atoms with van der Waals surface area (Å²) in [5, 5.41) is 2.40. The first-order valence-electron chi connectivity index (χ1n) is 8.16. The van der Waals surface area contributed by atoms with Gasteiger partial charge in [-0.25, -0.2) is 0 Å². The molecule has 116 valence electrons. The molecule has 0 spiro atoms. The number of hydrogen-bond donors (Lipinski definition) is 1. The SMILES string of the molecule is CCN(CC)C(=O)[C@@]1(c2ccc3ccccc3c2)C[C@H]1CN. The number of nitrogens with two attached hydrogens (primary N) is 1. The molecule has 0 heterocycles. The normalized spacial score (nSPS) is 23.5. The maximum absolute atomic E-state index is 13.1. The van der Waals surface area contributed by atoms with Crippen LogP contribution in [0.3, 0.4) is 0 Å². The number of benzene rings is 2. The molecule has 1 saturated carbocycles. The van der Waals surface area contributed by atoms with E-state index in [1.807, 2.05) is 30.9 Å². The quantitative estimate of drug-likeness (QED) is 0.922. The van der Waals surface area contributed by atoms with Crippen LogP contribution in [-0.2, 0) is 10.2 Å². The van der Waals surface area contributed by atoms with E-state index in [4.69, 9.17) is 5.73 Å². The average molecular weight is 296 g/mol. The Balaban J connectivity index is 2.05. The van der Waals surface area contributed by atoms with Gasteiger partial charge in [-0.15, -0.1) is 0 Å². The van der Waals surface area contributed by atoms with Crippen LogP contribution in [-0.4, -0.2) is 30.4 Å². The smallest absolute Gasteiger partial charge is 0.233 e. The van der Waals surface area contributed by atoms with Crippen molar-refractivity contribution in [3.05, 3.63) is 48.0 Å². The third-order valence-electron chi connectivity index (χ3n) is 5.09. The molecule has 1 amide bonds. The topological polar surface area (TPSA) is 46.3 Å². The Morgan fingerprint density at radius 1 is 1.18 bits per heavy atom. The Bertz CT molecular complexity index is 693. The van der Waals surface area contributed by atoms with Crippen LogP contribution >= 0.6 is 0 Å². The van der Waals surface area contributed by atoms with Crippen LogP contribution in [0.1, 0.15) is 25.8 Å². The molecule has 3 heteroatoms. The molecule has 22 heavy (non-hydrogen) atoms. The number of amides is 1. The molecule has 2 aromatic carbocycles. The van der Waals surface area contributed by atoms with Crippen molar-refractivity contribution in [2.45, 2.75) is 25.7 Å². The Labute approximate surface area is 132 Å². The van der Waals surface area contributed by atoms with Gasteiger partial charge in [0.15, 0.2) is 0 Å². The Morgan fingerprint density at radius 3 is 2.45 bits per heavy atom. The highest BCUT2D eigenvalue weighted by Gasteiger charge is 2.61. The summed E-state index contributed by atoms with van der Waals surface area (Å²) in [6, 6.07) is 14.7. The lowest BCUT2D eigenvalue weighted by Gasteiger charge is -2.26. The van der Waals surface area contributed by atoms with Gasteiger partial charge < -0.3 is 10.6 Å². The van der Waals surface area contributed by atoms with E-state index in [-0.39, 0.29) is 11.8 Å². The molecular weight excluding hydrogens is 272 g/mol.